The number of rotatable bonds is 2. The molecule has 9 heteroatoms. The van der Waals surface area contributed by atoms with Gasteiger partial charge in [-0.3, -0.25) is 10.1 Å². The van der Waals surface area contributed by atoms with Crippen LogP contribution in [-0.4, -0.2) is 17.0 Å². The van der Waals surface area contributed by atoms with E-state index in [0.717, 1.165) is 6.92 Å². The number of hydrogen-bond acceptors (Lipinski definition) is 4. The number of aromatic carboxylic acids is 1. The molecule has 0 bridgehead atoms. The molecule has 1 aromatic rings. The van der Waals surface area contributed by atoms with Crippen molar-refractivity contribution < 1.29 is 32.3 Å². The first-order valence-corrected chi connectivity index (χ1v) is 4.33. The quantitative estimate of drug-likeness (QED) is 0.846. The van der Waals surface area contributed by atoms with Crippen molar-refractivity contribution in [1.82, 2.24) is 0 Å². The van der Waals surface area contributed by atoms with E-state index >= 15 is 0 Å². The molecule has 0 spiro atoms. The van der Waals surface area contributed by atoms with Crippen molar-refractivity contribution in [2.75, 3.05) is 5.32 Å². The largest absolute Gasteiger partial charge is 0.478 e. The predicted octanol–water partition coefficient (Wildman–Crippen LogP) is 1.83. The van der Waals surface area contributed by atoms with E-state index in [9.17, 15) is 22.8 Å². The van der Waals surface area contributed by atoms with Gasteiger partial charge in [-0.2, -0.15) is 18.4 Å². The Bertz CT molecular complexity index is 553. The molecule has 1 aromatic heterocycles. The minimum absolute atomic E-state index is 0.800. The van der Waals surface area contributed by atoms with Crippen LogP contribution in [0.1, 0.15) is 28.6 Å². The smallest absolute Gasteiger partial charge is 0.450 e. The molecule has 0 aliphatic carbocycles. The number of carbonyl (C=O) groups is 2. The summed E-state index contributed by atoms with van der Waals surface area (Å²) in [7, 11) is 0. The van der Waals surface area contributed by atoms with Crippen molar-refractivity contribution in [2.45, 2.75) is 13.1 Å². The molecule has 0 aromatic carbocycles. The number of anilines is 1. The lowest BCUT2D eigenvalue weighted by Crippen LogP contribution is -2.11. The fraction of sp³-hybridized carbons (Fsp3) is 0.222. The Labute approximate surface area is 97.6 Å². The second-order valence-corrected chi connectivity index (χ2v) is 3.11. The van der Waals surface area contributed by atoms with Gasteiger partial charge < -0.3 is 9.52 Å². The summed E-state index contributed by atoms with van der Waals surface area (Å²) in [6.45, 7) is 0.970. The van der Waals surface area contributed by atoms with E-state index in [1.165, 1.54) is 6.07 Å². The van der Waals surface area contributed by atoms with Gasteiger partial charge in [0.05, 0.1) is 0 Å². The molecule has 0 saturated carbocycles. The zero-order valence-corrected chi connectivity index (χ0v) is 8.75. The Balaban J connectivity index is 3.55. The normalized spacial score (nSPS) is 10.8. The van der Waals surface area contributed by atoms with Crippen molar-refractivity contribution in [3.05, 3.63) is 16.9 Å². The number of carboxylic acid groups (broad SMARTS) is 1. The van der Waals surface area contributed by atoms with Crippen molar-refractivity contribution >= 4 is 17.8 Å². The summed E-state index contributed by atoms with van der Waals surface area (Å²) in [6, 6.07) is 1.25. The van der Waals surface area contributed by atoms with Crippen LogP contribution in [0.2, 0.25) is 0 Å². The minimum atomic E-state index is -5.09. The highest BCUT2D eigenvalue weighted by Gasteiger charge is 2.43. The SMILES string of the molecule is CC(=O)Nc1oc(C(F)(F)F)c(C(=O)O)c1C#N. The van der Waals surface area contributed by atoms with Crippen LogP contribution in [0.5, 0.6) is 0 Å². The van der Waals surface area contributed by atoms with Crippen LogP contribution in [0.25, 0.3) is 0 Å². The number of carbonyl (C=O) groups excluding carboxylic acids is 1. The molecule has 6 nitrogen and oxygen atoms in total. The molecule has 0 radical (unpaired) electrons. The van der Waals surface area contributed by atoms with E-state index in [-0.39, 0.29) is 0 Å². The zero-order chi connectivity index (χ0) is 14.1. The van der Waals surface area contributed by atoms with Crippen LogP contribution in [0.4, 0.5) is 19.1 Å². The zero-order valence-electron chi connectivity index (χ0n) is 8.75. The van der Waals surface area contributed by atoms with Crippen LogP contribution >= 0.6 is 0 Å². The number of nitrogens with one attached hydrogen (secondary N) is 1. The highest BCUT2D eigenvalue weighted by Crippen LogP contribution is 2.38. The maximum atomic E-state index is 12.5. The van der Waals surface area contributed by atoms with Gasteiger partial charge in [0.2, 0.25) is 17.6 Å². The number of alkyl halides is 3. The number of nitriles is 1. The molecule has 1 heterocycles. The lowest BCUT2D eigenvalue weighted by molar-refractivity contribution is -0.153. The minimum Gasteiger partial charge on any atom is -0.478 e. The fourth-order valence-electron chi connectivity index (χ4n) is 1.19. The molecule has 0 saturated heterocycles. The van der Waals surface area contributed by atoms with Gasteiger partial charge in [0, 0.05) is 6.92 Å². The highest BCUT2D eigenvalue weighted by atomic mass is 19.4. The van der Waals surface area contributed by atoms with Gasteiger partial charge >= 0.3 is 12.1 Å². The average molecular weight is 262 g/mol. The molecule has 2 N–H and O–H groups in total. The van der Waals surface area contributed by atoms with Crippen molar-refractivity contribution in [3.8, 4) is 6.07 Å². The highest BCUT2D eigenvalue weighted by molar-refractivity contribution is 5.96. The summed E-state index contributed by atoms with van der Waals surface area (Å²) < 4.78 is 41.7. The lowest BCUT2D eigenvalue weighted by atomic mass is 10.1. The molecule has 1 rings (SSSR count). The molecule has 0 fully saturated rings. The second kappa shape index (κ2) is 4.40. The topological polar surface area (TPSA) is 103 Å². The number of nitrogens with zero attached hydrogens (tertiary/aromatic N) is 1. The van der Waals surface area contributed by atoms with Crippen molar-refractivity contribution in [3.63, 3.8) is 0 Å². The van der Waals surface area contributed by atoms with Crippen LogP contribution in [0.15, 0.2) is 4.42 Å². The summed E-state index contributed by atoms with van der Waals surface area (Å²) in [6.07, 6.45) is -5.09. The molecule has 18 heavy (non-hydrogen) atoms. The molecule has 0 atom stereocenters. The van der Waals surface area contributed by atoms with Gasteiger partial charge in [-0.25, -0.2) is 4.79 Å². The van der Waals surface area contributed by atoms with Crippen LogP contribution in [0, 0.1) is 11.3 Å². The molecule has 0 aliphatic heterocycles. The lowest BCUT2D eigenvalue weighted by Gasteiger charge is -2.02. The Hall–Kier alpha value is -2.50. The second-order valence-electron chi connectivity index (χ2n) is 3.11. The summed E-state index contributed by atoms with van der Waals surface area (Å²) in [5, 5.41) is 19.1. The Morgan fingerprint density at radius 2 is 2.00 bits per heavy atom. The maximum Gasteiger partial charge on any atom is 0.450 e. The number of amides is 1. The van der Waals surface area contributed by atoms with Crippen molar-refractivity contribution in [1.29, 1.82) is 5.26 Å². The van der Waals surface area contributed by atoms with E-state index in [1.807, 2.05) is 5.32 Å². The first kappa shape index (κ1) is 13.6. The summed E-state index contributed by atoms with van der Waals surface area (Å²) in [4.78, 5) is 21.4. The molecule has 0 aliphatic rings. The van der Waals surface area contributed by atoms with Crippen molar-refractivity contribution in [2.24, 2.45) is 0 Å². The third-order valence-electron chi connectivity index (χ3n) is 1.78. The van der Waals surface area contributed by atoms with Crippen LogP contribution in [0.3, 0.4) is 0 Å². The van der Waals surface area contributed by atoms with E-state index in [4.69, 9.17) is 10.4 Å². The van der Waals surface area contributed by atoms with E-state index in [0.29, 0.717) is 0 Å². The van der Waals surface area contributed by atoms with E-state index in [1.54, 1.807) is 0 Å². The van der Waals surface area contributed by atoms with Gasteiger partial charge in [-0.05, 0) is 0 Å². The Kier molecular flexibility index (Phi) is 3.32. The molecule has 96 valence electrons. The first-order valence-electron chi connectivity index (χ1n) is 4.33. The van der Waals surface area contributed by atoms with Gasteiger partial charge in [0.1, 0.15) is 17.2 Å². The number of furan rings is 1. The molecular formula is C9H5F3N2O4. The van der Waals surface area contributed by atoms with Gasteiger partial charge in [0.25, 0.3) is 0 Å². The first-order chi connectivity index (χ1) is 8.18. The van der Waals surface area contributed by atoms with Crippen LogP contribution < -0.4 is 5.32 Å². The summed E-state index contributed by atoms with van der Waals surface area (Å²) in [5.74, 6) is -5.45. The number of halogens is 3. The van der Waals surface area contributed by atoms with E-state index < -0.39 is 40.8 Å². The number of carboxylic acids is 1. The average Bonchev–Trinajstić information content (AvgIpc) is 2.54. The third kappa shape index (κ3) is 2.42. The fourth-order valence-corrected chi connectivity index (χ4v) is 1.19. The van der Waals surface area contributed by atoms with E-state index in [2.05, 4.69) is 4.42 Å². The summed E-state index contributed by atoms with van der Waals surface area (Å²) >= 11 is 0. The predicted molar refractivity (Wildman–Crippen MR) is 49.7 cm³/mol. The standard InChI is InChI=1S/C9H5F3N2O4/c1-3(15)14-7-4(2-13)5(8(16)17)6(18-7)9(10,11)12/h1H3,(H,14,15)(H,16,17). The monoisotopic (exact) mass is 262 g/mol. The molecule has 1 amide bonds. The van der Waals surface area contributed by atoms with Gasteiger partial charge in [-0.1, -0.05) is 0 Å². The van der Waals surface area contributed by atoms with Gasteiger partial charge in [-0.15, -0.1) is 0 Å². The summed E-state index contributed by atoms with van der Waals surface area (Å²) in [5.41, 5.74) is -2.21. The van der Waals surface area contributed by atoms with Gasteiger partial charge in [0.15, 0.2) is 0 Å². The third-order valence-corrected chi connectivity index (χ3v) is 1.78. The molecular weight excluding hydrogens is 257 g/mol. The Morgan fingerprint density at radius 1 is 1.44 bits per heavy atom. The molecule has 0 unspecified atom stereocenters. The Morgan fingerprint density at radius 3 is 2.33 bits per heavy atom. The maximum absolute atomic E-state index is 12.5. The van der Waals surface area contributed by atoms with Crippen LogP contribution in [-0.2, 0) is 11.0 Å². The number of hydrogen-bond donors (Lipinski definition) is 2.